The third-order valence-corrected chi connectivity index (χ3v) is 5.18. The van der Waals surface area contributed by atoms with Crippen molar-refractivity contribution in [1.82, 2.24) is 10.2 Å². The minimum atomic E-state index is -0.828. The van der Waals surface area contributed by atoms with Gasteiger partial charge in [-0.25, -0.2) is 0 Å². The predicted octanol–water partition coefficient (Wildman–Crippen LogP) is 3.00. The first-order chi connectivity index (χ1) is 14.5. The zero-order chi connectivity index (χ0) is 21.2. The van der Waals surface area contributed by atoms with Crippen molar-refractivity contribution < 1.29 is 19.4 Å². The number of hydrogen-bond acceptors (Lipinski definition) is 5. The number of β-amino-alcohol motifs (C(OH)–C–C–N with tert-alkyl or cyclic N) is 1. The van der Waals surface area contributed by atoms with Crippen LogP contribution in [0.1, 0.15) is 31.7 Å². The maximum atomic E-state index is 11.0. The van der Waals surface area contributed by atoms with Gasteiger partial charge >= 0.3 is 0 Å². The molecule has 1 atom stereocenters. The van der Waals surface area contributed by atoms with E-state index >= 15 is 0 Å². The van der Waals surface area contributed by atoms with Crippen LogP contribution in [0.15, 0.2) is 54.6 Å². The lowest BCUT2D eigenvalue weighted by Crippen LogP contribution is -2.51. The Labute approximate surface area is 178 Å². The van der Waals surface area contributed by atoms with E-state index in [0.717, 1.165) is 43.9 Å². The number of piperidine rings is 1. The van der Waals surface area contributed by atoms with Crippen LogP contribution in [0.4, 0.5) is 0 Å². The van der Waals surface area contributed by atoms with E-state index < -0.39 is 5.60 Å². The van der Waals surface area contributed by atoms with E-state index in [1.165, 1.54) is 12.5 Å². The van der Waals surface area contributed by atoms with Gasteiger partial charge in [0, 0.05) is 26.6 Å². The number of ether oxygens (including phenoxy) is 2. The summed E-state index contributed by atoms with van der Waals surface area (Å²) in [5, 5.41) is 13.7. The molecular weight excluding hydrogens is 380 g/mol. The molecule has 1 fully saturated rings. The van der Waals surface area contributed by atoms with Gasteiger partial charge in [0.2, 0.25) is 5.91 Å². The van der Waals surface area contributed by atoms with E-state index in [2.05, 4.69) is 22.3 Å². The lowest BCUT2D eigenvalue weighted by Gasteiger charge is -2.39. The van der Waals surface area contributed by atoms with E-state index in [9.17, 15) is 9.90 Å². The Balaban J connectivity index is 1.43. The molecule has 3 rings (SSSR count). The van der Waals surface area contributed by atoms with Crippen molar-refractivity contribution in [3.05, 3.63) is 60.2 Å². The molecule has 2 N–H and O–H groups in total. The molecule has 1 aliphatic heterocycles. The van der Waals surface area contributed by atoms with Crippen LogP contribution in [0.2, 0.25) is 0 Å². The molecule has 0 radical (unpaired) electrons. The summed E-state index contributed by atoms with van der Waals surface area (Å²) in [7, 11) is 0. The van der Waals surface area contributed by atoms with Gasteiger partial charge in [0.1, 0.15) is 23.7 Å². The number of aliphatic hydroxyl groups is 1. The van der Waals surface area contributed by atoms with Crippen molar-refractivity contribution >= 4 is 5.91 Å². The Morgan fingerprint density at radius 1 is 1.10 bits per heavy atom. The molecule has 1 saturated heterocycles. The highest BCUT2D eigenvalue weighted by Crippen LogP contribution is 2.24. The molecule has 1 amide bonds. The first-order valence-electron chi connectivity index (χ1n) is 10.6. The number of nitrogens with zero attached hydrogens (tertiary/aromatic N) is 1. The molecule has 6 heteroatoms. The van der Waals surface area contributed by atoms with Gasteiger partial charge in [0.05, 0.1) is 6.61 Å². The number of benzene rings is 2. The highest BCUT2D eigenvalue weighted by molar-refractivity contribution is 5.72. The lowest BCUT2D eigenvalue weighted by molar-refractivity contribution is -0.118. The van der Waals surface area contributed by atoms with E-state index in [0.29, 0.717) is 26.3 Å². The van der Waals surface area contributed by atoms with Crippen LogP contribution in [-0.4, -0.2) is 54.4 Å². The van der Waals surface area contributed by atoms with Gasteiger partial charge in [-0.2, -0.15) is 0 Å². The van der Waals surface area contributed by atoms with Gasteiger partial charge in [-0.3, -0.25) is 9.69 Å². The zero-order valence-corrected chi connectivity index (χ0v) is 17.7. The summed E-state index contributed by atoms with van der Waals surface area (Å²) in [6.07, 6.45) is 2.48. The number of nitrogens with one attached hydrogen (secondary N) is 1. The molecule has 1 aliphatic rings. The molecule has 162 valence electrons. The monoisotopic (exact) mass is 412 g/mol. The van der Waals surface area contributed by atoms with Gasteiger partial charge in [-0.05, 0) is 55.6 Å². The Hall–Kier alpha value is -2.57. The summed E-state index contributed by atoms with van der Waals surface area (Å²) in [5.41, 5.74) is 0.360. The molecule has 30 heavy (non-hydrogen) atoms. The fraction of sp³-hybridized carbons (Fsp3) is 0.458. The predicted molar refractivity (Wildman–Crippen MR) is 117 cm³/mol. The van der Waals surface area contributed by atoms with Gasteiger partial charge < -0.3 is 19.9 Å². The van der Waals surface area contributed by atoms with Gasteiger partial charge in [-0.15, -0.1) is 0 Å². The SMILES string of the molecule is CC(=O)NCCCOc1ccc(CN2CCCC(O)(COc3ccccc3)C2)cc1. The van der Waals surface area contributed by atoms with Crippen molar-refractivity contribution in [2.45, 2.75) is 38.3 Å². The average Bonchev–Trinajstić information content (AvgIpc) is 2.74. The lowest BCUT2D eigenvalue weighted by atomic mass is 9.93. The molecule has 0 saturated carbocycles. The van der Waals surface area contributed by atoms with Crippen LogP contribution in [0.3, 0.4) is 0 Å². The Morgan fingerprint density at radius 2 is 1.83 bits per heavy atom. The molecule has 0 aromatic heterocycles. The summed E-state index contributed by atoms with van der Waals surface area (Å²) >= 11 is 0. The third kappa shape index (κ3) is 7.35. The van der Waals surface area contributed by atoms with E-state index in [4.69, 9.17) is 9.47 Å². The third-order valence-electron chi connectivity index (χ3n) is 5.18. The van der Waals surface area contributed by atoms with Gasteiger partial charge in [0.25, 0.3) is 0 Å². The Bertz CT molecular complexity index is 782. The summed E-state index contributed by atoms with van der Waals surface area (Å²) in [6, 6.07) is 17.7. The fourth-order valence-electron chi connectivity index (χ4n) is 3.67. The van der Waals surface area contributed by atoms with Crippen molar-refractivity contribution in [2.24, 2.45) is 0 Å². The molecule has 0 aliphatic carbocycles. The maximum Gasteiger partial charge on any atom is 0.216 e. The number of amides is 1. The number of rotatable bonds is 10. The Kier molecular flexibility index (Phi) is 8.11. The van der Waals surface area contributed by atoms with E-state index in [1.54, 1.807) is 0 Å². The van der Waals surface area contributed by atoms with Gasteiger partial charge in [0.15, 0.2) is 0 Å². The van der Waals surface area contributed by atoms with Crippen LogP contribution < -0.4 is 14.8 Å². The molecule has 0 bridgehead atoms. The average molecular weight is 413 g/mol. The summed E-state index contributed by atoms with van der Waals surface area (Å²) < 4.78 is 11.5. The number of hydrogen-bond donors (Lipinski definition) is 2. The zero-order valence-electron chi connectivity index (χ0n) is 17.7. The molecular formula is C24H32N2O4. The van der Waals surface area contributed by atoms with Crippen LogP contribution in [0, 0.1) is 0 Å². The quantitative estimate of drug-likeness (QED) is 0.587. The fourth-order valence-corrected chi connectivity index (χ4v) is 3.67. The molecule has 0 spiro atoms. The highest BCUT2D eigenvalue weighted by atomic mass is 16.5. The standard InChI is InChI=1S/C24H32N2O4/c1-20(27)25-14-6-16-29-23-11-9-21(10-12-23)17-26-15-5-13-24(28,18-26)19-30-22-7-3-2-4-8-22/h2-4,7-12,28H,5-6,13-19H2,1H3,(H,25,27). The highest BCUT2D eigenvalue weighted by Gasteiger charge is 2.34. The molecule has 6 nitrogen and oxygen atoms in total. The van der Waals surface area contributed by atoms with Gasteiger partial charge in [-0.1, -0.05) is 30.3 Å². The maximum absolute atomic E-state index is 11.0. The van der Waals surface area contributed by atoms with Crippen LogP contribution in [0.25, 0.3) is 0 Å². The largest absolute Gasteiger partial charge is 0.494 e. The second-order valence-corrected chi connectivity index (χ2v) is 7.97. The van der Waals surface area contributed by atoms with Crippen molar-refractivity contribution in [1.29, 1.82) is 0 Å². The minimum Gasteiger partial charge on any atom is -0.494 e. The van der Waals surface area contributed by atoms with Crippen molar-refractivity contribution in [3.8, 4) is 11.5 Å². The van der Waals surface area contributed by atoms with Crippen molar-refractivity contribution in [2.75, 3.05) is 32.8 Å². The summed E-state index contributed by atoms with van der Waals surface area (Å²) in [5.74, 6) is 1.60. The second kappa shape index (κ2) is 11.0. The number of para-hydroxylation sites is 1. The summed E-state index contributed by atoms with van der Waals surface area (Å²) in [4.78, 5) is 13.1. The van der Waals surface area contributed by atoms with Crippen molar-refractivity contribution in [3.63, 3.8) is 0 Å². The first kappa shape index (κ1) is 22.1. The van der Waals surface area contributed by atoms with Crippen LogP contribution >= 0.6 is 0 Å². The normalized spacial score (nSPS) is 19.3. The molecule has 2 aromatic rings. The topological polar surface area (TPSA) is 71.0 Å². The summed E-state index contributed by atoms with van der Waals surface area (Å²) in [6.45, 7) is 5.37. The number of likely N-dealkylation sites (tertiary alicyclic amines) is 1. The van der Waals surface area contributed by atoms with Crippen LogP contribution in [0.5, 0.6) is 11.5 Å². The molecule has 2 aromatic carbocycles. The smallest absolute Gasteiger partial charge is 0.216 e. The number of carbonyl (C=O) groups excluding carboxylic acids is 1. The van der Waals surface area contributed by atoms with E-state index in [-0.39, 0.29) is 5.91 Å². The molecule has 1 unspecified atom stereocenters. The molecule has 1 heterocycles. The first-order valence-corrected chi connectivity index (χ1v) is 10.6. The van der Waals surface area contributed by atoms with Crippen LogP contribution in [-0.2, 0) is 11.3 Å². The second-order valence-electron chi connectivity index (χ2n) is 7.97. The van der Waals surface area contributed by atoms with E-state index in [1.807, 2.05) is 42.5 Å². The Morgan fingerprint density at radius 3 is 2.57 bits per heavy atom. The number of carbonyl (C=O) groups is 1. The minimum absolute atomic E-state index is 0.0180.